The van der Waals surface area contributed by atoms with E-state index in [1.165, 1.54) is 4.90 Å². The molecule has 1 aromatic carbocycles. The van der Waals surface area contributed by atoms with Crippen LogP contribution in [0, 0.1) is 23.2 Å². The minimum Gasteiger partial charge on any atom is -0.445 e. The quantitative estimate of drug-likeness (QED) is 0.254. The number of rotatable bonds is 10. The molecule has 6 fully saturated rings. The zero-order chi connectivity index (χ0) is 31.8. The topological polar surface area (TPSA) is 120 Å². The second-order valence-corrected chi connectivity index (χ2v) is 14.5. The van der Waals surface area contributed by atoms with Crippen LogP contribution in [0.4, 0.5) is 18.0 Å². The number of ether oxygens (including phenoxy) is 1. The highest BCUT2D eigenvalue weighted by molar-refractivity contribution is 5.87. The number of hydrogen-bond acceptors (Lipinski definition) is 6. The number of hydrogen-bond donors (Lipinski definition) is 3. The number of aromatic nitrogens is 3. The van der Waals surface area contributed by atoms with Crippen LogP contribution < -0.4 is 5.32 Å². The van der Waals surface area contributed by atoms with Crippen LogP contribution in [0.1, 0.15) is 87.0 Å². The molecule has 9 nitrogen and oxygen atoms in total. The number of nitrogens with zero attached hydrogens (tertiary/aromatic N) is 3. The minimum absolute atomic E-state index is 0.0710. The number of pyridine rings is 1. The van der Waals surface area contributed by atoms with Gasteiger partial charge in [-0.1, -0.05) is 30.3 Å². The number of aromatic amines is 1. The fourth-order valence-electron chi connectivity index (χ4n) is 8.31. The number of nitrogens with one attached hydrogen (secondary N) is 2. The van der Waals surface area contributed by atoms with Gasteiger partial charge in [0, 0.05) is 13.0 Å². The number of H-pyrrole nitrogens is 1. The molecule has 9 rings (SSSR count). The maximum atomic E-state index is 14.3. The van der Waals surface area contributed by atoms with E-state index in [1.54, 1.807) is 12.1 Å². The molecular weight excluding hydrogens is 599 g/mol. The third kappa shape index (κ3) is 5.22. The van der Waals surface area contributed by atoms with Gasteiger partial charge < -0.3 is 25.0 Å². The first-order valence-corrected chi connectivity index (χ1v) is 16.4. The average molecular weight is 638 g/mol. The second kappa shape index (κ2) is 10.7. The fraction of sp³-hybridized carbons (Fsp3) is 0.588. The second-order valence-electron chi connectivity index (χ2n) is 14.5. The number of likely N-dealkylation sites (tertiary alicyclic amines) is 1. The first kappa shape index (κ1) is 29.7. The van der Waals surface area contributed by atoms with Crippen LogP contribution in [-0.2, 0) is 16.1 Å². The number of carbonyl (C=O) groups is 2. The number of alkyl halides is 3. The Balaban J connectivity index is 1.08. The maximum absolute atomic E-state index is 14.3. The summed E-state index contributed by atoms with van der Waals surface area (Å²) in [7, 11) is 0. The van der Waals surface area contributed by atoms with Gasteiger partial charge in [0.05, 0.1) is 28.7 Å². The summed E-state index contributed by atoms with van der Waals surface area (Å²) < 4.78 is 48.0. The molecule has 0 unspecified atom stereocenters. The lowest BCUT2D eigenvalue weighted by atomic mass is 9.41. The van der Waals surface area contributed by atoms with Crippen molar-refractivity contribution in [2.75, 3.05) is 6.54 Å². The van der Waals surface area contributed by atoms with Crippen LogP contribution in [0.3, 0.4) is 0 Å². The number of aliphatic hydroxyl groups is 1. The van der Waals surface area contributed by atoms with Crippen molar-refractivity contribution < 1.29 is 32.6 Å². The summed E-state index contributed by atoms with van der Waals surface area (Å²) in [6.45, 7) is 0.0651. The Bertz CT molecular complexity index is 1630. The van der Waals surface area contributed by atoms with Crippen LogP contribution >= 0.6 is 0 Å². The Morgan fingerprint density at radius 2 is 1.74 bits per heavy atom. The van der Waals surface area contributed by atoms with Crippen LogP contribution in [0.25, 0.3) is 11.2 Å². The van der Waals surface area contributed by atoms with Gasteiger partial charge in [0.2, 0.25) is 5.91 Å². The summed E-state index contributed by atoms with van der Waals surface area (Å²) in [5.41, 5.74) is -2.20. The largest absolute Gasteiger partial charge is 0.445 e. The zero-order valence-corrected chi connectivity index (χ0v) is 25.4. The lowest BCUT2D eigenvalue weighted by Gasteiger charge is -2.65. The zero-order valence-electron chi connectivity index (χ0n) is 25.4. The summed E-state index contributed by atoms with van der Waals surface area (Å²) >= 11 is 0. The molecule has 3 atom stereocenters. The molecule has 5 aliphatic carbocycles. The van der Waals surface area contributed by atoms with Crippen molar-refractivity contribution in [3.63, 3.8) is 0 Å². The van der Waals surface area contributed by atoms with Crippen molar-refractivity contribution in [1.82, 2.24) is 25.2 Å². The molecule has 3 heterocycles. The van der Waals surface area contributed by atoms with Crippen LogP contribution in [-0.4, -0.2) is 61.2 Å². The summed E-state index contributed by atoms with van der Waals surface area (Å²) in [6.07, 6.45) is 0.630. The Morgan fingerprint density at radius 1 is 1.04 bits per heavy atom. The van der Waals surface area contributed by atoms with Gasteiger partial charge >= 0.3 is 6.09 Å². The Hall–Kier alpha value is -3.67. The molecule has 3 aromatic rings. The van der Waals surface area contributed by atoms with Crippen molar-refractivity contribution in [3.8, 4) is 0 Å². The summed E-state index contributed by atoms with van der Waals surface area (Å²) in [5, 5.41) is 13.9. The van der Waals surface area contributed by atoms with Gasteiger partial charge in [-0.2, -0.15) is 0 Å². The predicted molar refractivity (Wildman–Crippen MR) is 160 cm³/mol. The normalized spacial score (nSPS) is 31.0. The van der Waals surface area contributed by atoms with Crippen molar-refractivity contribution in [2.24, 2.45) is 23.2 Å². The van der Waals surface area contributed by atoms with Crippen molar-refractivity contribution in [1.29, 1.82) is 0 Å². The van der Waals surface area contributed by atoms with Gasteiger partial charge in [-0.25, -0.2) is 27.9 Å². The highest BCUT2D eigenvalue weighted by atomic mass is 19.3. The number of benzene rings is 1. The molecule has 46 heavy (non-hydrogen) atoms. The summed E-state index contributed by atoms with van der Waals surface area (Å²) in [5.74, 6) is 1.41. The number of alkyl carbamates (subject to hydrolysis) is 1. The number of amides is 2. The van der Waals surface area contributed by atoms with E-state index in [0.29, 0.717) is 34.5 Å². The van der Waals surface area contributed by atoms with E-state index in [0.717, 1.165) is 31.2 Å². The van der Waals surface area contributed by atoms with Gasteiger partial charge in [0.15, 0.2) is 5.65 Å². The Kier molecular flexibility index (Phi) is 6.90. The van der Waals surface area contributed by atoms with Crippen molar-refractivity contribution in [2.45, 2.75) is 94.2 Å². The summed E-state index contributed by atoms with van der Waals surface area (Å²) in [6, 6.07) is 11.5. The van der Waals surface area contributed by atoms with E-state index in [4.69, 9.17) is 14.7 Å². The van der Waals surface area contributed by atoms with E-state index < -0.39 is 41.3 Å². The van der Waals surface area contributed by atoms with Crippen molar-refractivity contribution in [3.05, 3.63) is 59.5 Å². The fourth-order valence-corrected chi connectivity index (χ4v) is 8.31. The van der Waals surface area contributed by atoms with Crippen LogP contribution in [0.2, 0.25) is 0 Å². The molecule has 244 valence electrons. The molecule has 2 amide bonds. The van der Waals surface area contributed by atoms with E-state index in [2.05, 4.69) is 10.3 Å². The van der Waals surface area contributed by atoms with E-state index in [9.17, 15) is 27.9 Å². The van der Waals surface area contributed by atoms with Gasteiger partial charge in [0.25, 0.3) is 6.43 Å². The molecule has 1 aliphatic heterocycles. The molecule has 3 N–H and O–H groups in total. The summed E-state index contributed by atoms with van der Waals surface area (Å²) in [4.78, 5) is 41.1. The van der Waals surface area contributed by atoms with E-state index in [-0.39, 0.29) is 57.1 Å². The lowest BCUT2D eigenvalue weighted by Crippen LogP contribution is -2.71. The van der Waals surface area contributed by atoms with E-state index >= 15 is 0 Å². The SMILES string of the molecule is O=C(N[C@H](c1nc2nc([C@@H]3C[C@@](O)(C(F)F)CCN3C(=O)C34CC(F)(C3)C4)ccc2[nH]1)C(C1CC1)C1CC1)OCc1ccccc1. The molecule has 12 heteroatoms. The molecule has 0 spiro atoms. The maximum Gasteiger partial charge on any atom is 0.408 e. The monoisotopic (exact) mass is 637 g/mol. The van der Waals surface area contributed by atoms with Gasteiger partial charge in [0.1, 0.15) is 23.7 Å². The Labute approximate surface area is 264 Å². The Morgan fingerprint density at radius 3 is 2.37 bits per heavy atom. The van der Waals surface area contributed by atoms with Crippen LogP contribution in [0.15, 0.2) is 42.5 Å². The molecule has 5 saturated carbocycles. The van der Waals surface area contributed by atoms with Gasteiger partial charge in [-0.15, -0.1) is 0 Å². The van der Waals surface area contributed by atoms with E-state index in [1.807, 2.05) is 30.3 Å². The minimum atomic E-state index is -2.99. The highest BCUT2D eigenvalue weighted by Gasteiger charge is 2.74. The van der Waals surface area contributed by atoms with Crippen molar-refractivity contribution >= 4 is 23.2 Å². The first-order valence-electron chi connectivity index (χ1n) is 16.4. The number of halogens is 3. The number of carbonyl (C=O) groups excluding carboxylic acids is 2. The number of piperidine rings is 1. The number of fused-ring (bicyclic) bond motifs is 1. The van der Waals surface area contributed by atoms with Crippen LogP contribution in [0.5, 0.6) is 0 Å². The molecule has 2 aromatic heterocycles. The molecular formula is C34H38F3N5O4. The highest BCUT2D eigenvalue weighted by Crippen LogP contribution is 2.70. The predicted octanol–water partition coefficient (Wildman–Crippen LogP) is 5.91. The number of imidazole rings is 1. The third-order valence-corrected chi connectivity index (χ3v) is 11.0. The lowest BCUT2D eigenvalue weighted by molar-refractivity contribution is -0.228. The third-order valence-electron chi connectivity index (χ3n) is 11.0. The standard InChI is InChI=1S/C34H38F3N5O4/c35-29(36)34(45)12-13-42(30(43)32-16-33(37,17-32)18-32)24(14-34)22-10-11-23-27(38-22)41-28(39-23)26(25(20-6-7-20)21-8-9-21)40-31(44)46-15-19-4-2-1-3-5-19/h1-5,10-11,20-21,24-26,29,45H,6-9,12-18H2,(H,40,44)(H,38,39,41)/t24-,26-,32?,33?,34+/m0/s1. The molecule has 6 aliphatic rings. The molecule has 0 radical (unpaired) electrons. The van der Waals surface area contributed by atoms with Gasteiger partial charge in [-0.3, -0.25) is 4.79 Å². The first-order chi connectivity index (χ1) is 22.0. The van der Waals surface area contributed by atoms with Gasteiger partial charge in [-0.05, 0) is 86.8 Å². The molecule has 1 saturated heterocycles. The average Bonchev–Trinajstić information content (AvgIpc) is 3.96. The molecule has 2 bridgehead atoms. The smallest absolute Gasteiger partial charge is 0.408 e.